The summed E-state index contributed by atoms with van der Waals surface area (Å²) in [6.07, 6.45) is 1.57. The quantitative estimate of drug-likeness (QED) is 0.775. The summed E-state index contributed by atoms with van der Waals surface area (Å²) in [4.78, 5) is 7.67. The number of hydrogen-bond acceptors (Lipinski definition) is 2. The van der Waals surface area contributed by atoms with Crippen molar-refractivity contribution in [1.29, 1.82) is 0 Å². The fourth-order valence-corrected chi connectivity index (χ4v) is 1.54. The Bertz CT molecular complexity index is 434. The molecule has 14 heavy (non-hydrogen) atoms. The molecular weight excluding hydrogens is 176 g/mol. The Hall–Kier alpha value is -1.35. The molecule has 0 atom stereocenters. The van der Waals surface area contributed by atoms with Gasteiger partial charge in [-0.3, -0.25) is 0 Å². The average Bonchev–Trinajstić information content (AvgIpc) is 2.56. The lowest BCUT2D eigenvalue weighted by Crippen LogP contribution is -1.90. The molecule has 0 saturated heterocycles. The Balaban J connectivity index is 2.32. The second kappa shape index (κ2) is 3.80. The maximum Gasteiger partial charge on any atom is 0.107 e. The van der Waals surface area contributed by atoms with Gasteiger partial charge in [-0.25, -0.2) is 4.98 Å². The molecule has 3 heteroatoms. The number of aryl methyl sites for hydroxylation is 2. The van der Waals surface area contributed by atoms with Gasteiger partial charge in [-0.05, 0) is 31.0 Å². The molecule has 2 N–H and O–H groups in total. The highest BCUT2D eigenvalue weighted by molar-refractivity contribution is 5.75. The monoisotopic (exact) mass is 190 g/mol. The van der Waals surface area contributed by atoms with Crippen LogP contribution < -0.4 is 0 Å². The second-order valence-electron chi connectivity index (χ2n) is 3.53. The predicted molar refractivity (Wildman–Crippen MR) is 56.2 cm³/mol. The zero-order valence-electron chi connectivity index (χ0n) is 8.25. The summed E-state index contributed by atoms with van der Waals surface area (Å²) in [5.41, 5.74) is 3.32. The molecule has 2 rings (SSSR count). The number of nitrogens with zero attached hydrogens (tertiary/aromatic N) is 1. The molecule has 0 aliphatic heterocycles. The molecule has 0 aliphatic rings. The lowest BCUT2D eigenvalue weighted by Gasteiger charge is -1.91. The number of aliphatic hydroxyl groups excluding tert-OH is 1. The molecule has 0 fully saturated rings. The van der Waals surface area contributed by atoms with E-state index in [2.05, 4.69) is 29.0 Å². The van der Waals surface area contributed by atoms with E-state index < -0.39 is 0 Å². The van der Waals surface area contributed by atoms with Crippen molar-refractivity contribution in [3.05, 3.63) is 29.6 Å². The third-order valence-corrected chi connectivity index (χ3v) is 2.26. The van der Waals surface area contributed by atoms with E-state index in [0.717, 1.165) is 29.7 Å². The Morgan fingerprint density at radius 3 is 3.07 bits per heavy atom. The van der Waals surface area contributed by atoms with Crippen LogP contribution in [0.15, 0.2) is 18.2 Å². The van der Waals surface area contributed by atoms with Crippen molar-refractivity contribution < 1.29 is 5.11 Å². The van der Waals surface area contributed by atoms with Gasteiger partial charge in [-0.2, -0.15) is 0 Å². The number of aliphatic hydroxyl groups is 1. The maximum absolute atomic E-state index is 8.70. The molecule has 1 aromatic carbocycles. The molecule has 1 heterocycles. The lowest BCUT2D eigenvalue weighted by atomic mass is 10.2. The van der Waals surface area contributed by atoms with Crippen molar-refractivity contribution in [1.82, 2.24) is 9.97 Å². The molecule has 3 nitrogen and oxygen atoms in total. The van der Waals surface area contributed by atoms with Crippen molar-refractivity contribution in [2.45, 2.75) is 19.8 Å². The smallest absolute Gasteiger partial charge is 0.107 e. The first kappa shape index (κ1) is 9.21. The van der Waals surface area contributed by atoms with Gasteiger partial charge in [-0.15, -0.1) is 0 Å². The average molecular weight is 190 g/mol. The summed E-state index contributed by atoms with van der Waals surface area (Å²) in [5.74, 6) is 0.958. The lowest BCUT2D eigenvalue weighted by molar-refractivity contribution is 0.287. The molecule has 0 radical (unpaired) electrons. The summed E-state index contributed by atoms with van der Waals surface area (Å²) in [6, 6.07) is 6.16. The highest BCUT2D eigenvalue weighted by Crippen LogP contribution is 2.13. The molecule has 0 amide bonds. The first-order valence-electron chi connectivity index (χ1n) is 4.86. The molecule has 0 unspecified atom stereocenters. The van der Waals surface area contributed by atoms with Crippen molar-refractivity contribution in [3.63, 3.8) is 0 Å². The number of nitrogens with one attached hydrogen (secondary N) is 1. The van der Waals surface area contributed by atoms with E-state index in [9.17, 15) is 0 Å². The molecular formula is C11H14N2O. The van der Waals surface area contributed by atoms with Crippen LogP contribution in [0.2, 0.25) is 0 Å². The summed E-state index contributed by atoms with van der Waals surface area (Å²) < 4.78 is 0. The summed E-state index contributed by atoms with van der Waals surface area (Å²) in [7, 11) is 0. The van der Waals surface area contributed by atoms with E-state index in [1.54, 1.807) is 0 Å². The van der Waals surface area contributed by atoms with Crippen molar-refractivity contribution in [2.75, 3.05) is 6.61 Å². The number of aromatic nitrogens is 2. The Labute approximate surface area is 82.8 Å². The number of H-pyrrole nitrogens is 1. The van der Waals surface area contributed by atoms with Crippen LogP contribution in [-0.4, -0.2) is 21.7 Å². The Morgan fingerprint density at radius 2 is 2.29 bits per heavy atom. The molecule has 0 bridgehead atoms. The van der Waals surface area contributed by atoms with Gasteiger partial charge in [0.05, 0.1) is 11.0 Å². The molecule has 0 spiro atoms. The van der Waals surface area contributed by atoms with Crippen LogP contribution in [0.1, 0.15) is 17.8 Å². The normalized spacial score (nSPS) is 11.0. The Morgan fingerprint density at radius 1 is 1.43 bits per heavy atom. The van der Waals surface area contributed by atoms with Gasteiger partial charge in [0.2, 0.25) is 0 Å². The summed E-state index contributed by atoms with van der Waals surface area (Å²) >= 11 is 0. The predicted octanol–water partition coefficient (Wildman–Crippen LogP) is 1.80. The van der Waals surface area contributed by atoms with Crippen molar-refractivity contribution in [3.8, 4) is 0 Å². The fraction of sp³-hybridized carbons (Fsp3) is 0.364. The van der Waals surface area contributed by atoms with Gasteiger partial charge in [-0.1, -0.05) is 6.07 Å². The number of fused-ring (bicyclic) bond motifs is 1. The van der Waals surface area contributed by atoms with Gasteiger partial charge in [0.1, 0.15) is 5.82 Å². The van der Waals surface area contributed by atoms with Gasteiger partial charge in [0.25, 0.3) is 0 Å². The second-order valence-corrected chi connectivity index (χ2v) is 3.53. The van der Waals surface area contributed by atoms with E-state index >= 15 is 0 Å². The molecule has 2 aromatic rings. The largest absolute Gasteiger partial charge is 0.396 e. The van der Waals surface area contributed by atoms with E-state index in [0.29, 0.717) is 0 Å². The van der Waals surface area contributed by atoms with Gasteiger partial charge in [0.15, 0.2) is 0 Å². The fourth-order valence-electron chi connectivity index (χ4n) is 1.54. The third kappa shape index (κ3) is 1.77. The zero-order chi connectivity index (χ0) is 9.97. The van der Waals surface area contributed by atoms with E-state index in [1.165, 1.54) is 5.56 Å². The van der Waals surface area contributed by atoms with E-state index in [1.807, 2.05) is 6.07 Å². The number of benzene rings is 1. The van der Waals surface area contributed by atoms with Crippen LogP contribution in [0.25, 0.3) is 11.0 Å². The first-order valence-corrected chi connectivity index (χ1v) is 4.86. The number of aromatic amines is 1. The number of imidazole rings is 1. The molecule has 0 aliphatic carbocycles. The molecule has 0 saturated carbocycles. The van der Waals surface area contributed by atoms with Crippen LogP contribution in [0.3, 0.4) is 0 Å². The number of hydrogen-bond donors (Lipinski definition) is 2. The van der Waals surface area contributed by atoms with Gasteiger partial charge in [0, 0.05) is 13.0 Å². The van der Waals surface area contributed by atoms with Crippen LogP contribution in [0.4, 0.5) is 0 Å². The van der Waals surface area contributed by atoms with Crippen LogP contribution in [0, 0.1) is 6.92 Å². The van der Waals surface area contributed by atoms with Crippen molar-refractivity contribution in [2.24, 2.45) is 0 Å². The SMILES string of the molecule is Cc1ccc2nc(CCCO)[nH]c2c1. The molecule has 1 aromatic heterocycles. The highest BCUT2D eigenvalue weighted by atomic mass is 16.2. The minimum absolute atomic E-state index is 0.218. The van der Waals surface area contributed by atoms with Gasteiger partial charge < -0.3 is 10.1 Å². The molecule has 74 valence electrons. The summed E-state index contributed by atoms with van der Waals surface area (Å²) in [5, 5.41) is 8.70. The topological polar surface area (TPSA) is 48.9 Å². The third-order valence-electron chi connectivity index (χ3n) is 2.26. The minimum Gasteiger partial charge on any atom is -0.396 e. The standard InChI is InChI=1S/C11H14N2O/c1-8-4-5-9-10(7-8)13-11(12-9)3-2-6-14/h4-5,7,14H,2-3,6H2,1H3,(H,12,13). The van der Waals surface area contributed by atoms with Crippen molar-refractivity contribution >= 4 is 11.0 Å². The summed E-state index contributed by atoms with van der Waals surface area (Å²) in [6.45, 7) is 2.28. The van der Waals surface area contributed by atoms with Gasteiger partial charge >= 0.3 is 0 Å². The zero-order valence-corrected chi connectivity index (χ0v) is 8.25. The van der Waals surface area contributed by atoms with Crippen LogP contribution >= 0.6 is 0 Å². The van der Waals surface area contributed by atoms with Crippen LogP contribution in [0.5, 0.6) is 0 Å². The van der Waals surface area contributed by atoms with E-state index in [4.69, 9.17) is 5.11 Å². The number of rotatable bonds is 3. The highest BCUT2D eigenvalue weighted by Gasteiger charge is 2.01. The minimum atomic E-state index is 0.218. The van der Waals surface area contributed by atoms with Crippen LogP contribution in [-0.2, 0) is 6.42 Å². The first-order chi connectivity index (χ1) is 6.79. The van der Waals surface area contributed by atoms with E-state index in [-0.39, 0.29) is 6.61 Å². The Kier molecular flexibility index (Phi) is 2.50. The maximum atomic E-state index is 8.70.